The number of aromatic amines is 1. The summed E-state index contributed by atoms with van der Waals surface area (Å²) in [4.78, 5) is 3.50. The highest BCUT2D eigenvalue weighted by Gasteiger charge is 2.16. The zero-order valence-electron chi connectivity index (χ0n) is 16.2. The molecule has 0 aliphatic rings. The number of aromatic nitrogens is 1. The molecular formula is C25H20N2O2S. The molecule has 0 saturated carbocycles. The summed E-state index contributed by atoms with van der Waals surface area (Å²) in [5.74, 6) is -0.0707. The van der Waals surface area contributed by atoms with Crippen molar-refractivity contribution in [1.29, 1.82) is 0 Å². The Hall–Kier alpha value is -3.57. The van der Waals surface area contributed by atoms with Crippen LogP contribution >= 0.6 is 0 Å². The molecule has 0 unspecified atom stereocenters. The molecule has 0 amide bonds. The molecule has 5 heteroatoms. The Kier molecular flexibility index (Phi) is 4.52. The van der Waals surface area contributed by atoms with Crippen LogP contribution in [0.25, 0.3) is 32.9 Å². The monoisotopic (exact) mass is 412 g/mol. The van der Waals surface area contributed by atoms with Crippen molar-refractivity contribution in [3.8, 4) is 11.1 Å². The van der Waals surface area contributed by atoms with Crippen molar-refractivity contribution in [3.05, 3.63) is 103 Å². The smallest absolute Gasteiger partial charge is 0.236 e. The Morgan fingerprint density at radius 3 is 2.20 bits per heavy atom. The first-order valence-corrected chi connectivity index (χ1v) is 11.4. The number of benzene rings is 4. The van der Waals surface area contributed by atoms with Gasteiger partial charge in [0.15, 0.2) is 0 Å². The van der Waals surface area contributed by atoms with Gasteiger partial charge in [-0.1, -0.05) is 84.9 Å². The molecule has 0 fully saturated rings. The summed E-state index contributed by atoms with van der Waals surface area (Å²) in [7, 11) is -3.56. The first-order valence-electron chi connectivity index (χ1n) is 9.74. The molecule has 4 aromatic carbocycles. The summed E-state index contributed by atoms with van der Waals surface area (Å²) in [6, 6.07) is 31.0. The van der Waals surface area contributed by atoms with Crippen LogP contribution in [0, 0.1) is 0 Å². The molecule has 4 nitrogen and oxygen atoms in total. The predicted octanol–water partition coefficient (Wildman–Crippen LogP) is 5.93. The summed E-state index contributed by atoms with van der Waals surface area (Å²) >= 11 is 0. The quantitative estimate of drug-likeness (QED) is 0.376. The number of fused-ring (bicyclic) bond motifs is 3. The van der Waals surface area contributed by atoms with E-state index in [1.807, 2.05) is 78.9 Å². The summed E-state index contributed by atoms with van der Waals surface area (Å²) in [6.07, 6.45) is 0. The second kappa shape index (κ2) is 7.35. The Morgan fingerprint density at radius 2 is 1.33 bits per heavy atom. The van der Waals surface area contributed by atoms with E-state index in [4.69, 9.17) is 0 Å². The molecule has 0 radical (unpaired) electrons. The Balaban J connectivity index is 1.59. The maximum atomic E-state index is 12.8. The lowest BCUT2D eigenvalue weighted by atomic mass is 10.0. The number of sulfonamides is 1. The molecule has 2 N–H and O–H groups in total. The van der Waals surface area contributed by atoms with Crippen LogP contribution in [0.1, 0.15) is 5.56 Å². The lowest BCUT2D eigenvalue weighted by molar-refractivity contribution is 0.600. The van der Waals surface area contributed by atoms with Gasteiger partial charge in [-0.2, -0.15) is 0 Å². The minimum Gasteiger partial charge on any atom is -0.354 e. The van der Waals surface area contributed by atoms with Gasteiger partial charge in [-0.05, 0) is 17.7 Å². The third-order valence-electron chi connectivity index (χ3n) is 5.22. The van der Waals surface area contributed by atoms with Crippen LogP contribution < -0.4 is 4.72 Å². The second-order valence-corrected chi connectivity index (χ2v) is 9.01. The molecule has 0 aliphatic heterocycles. The molecule has 1 aromatic heterocycles. The average Bonchev–Trinajstić information content (AvgIpc) is 3.13. The maximum Gasteiger partial charge on any atom is 0.236 e. The number of hydrogen-bond donors (Lipinski definition) is 2. The molecule has 0 aliphatic carbocycles. The number of hydrogen-bond acceptors (Lipinski definition) is 2. The Bertz CT molecular complexity index is 1450. The van der Waals surface area contributed by atoms with Gasteiger partial charge in [-0.15, -0.1) is 0 Å². The highest BCUT2D eigenvalue weighted by molar-refractivity contribution is 7.91. The SMILES string of the molecule is O=S(=O)(Cc1ccccc1)Nc1ccccc1-c1cccc2c1[nH]c1ccccc12. The van der Waals surface area contributed by atoms with Crippen molar-refractivity contribution < 1.29 is 8.42 Å². The van der Waals surface area contributed by atoms with Crippen LogP contribution in [0.3, 0.4) is 0 Å². The zero-order chi connectivity index (χ0) is 20.6. The summed E-state index contributed by atoms with van der Waals surface area (Å²) in [5, 5.41) is 2.27. The molecule has 0 atom stereocenters. The second-order valence-electron chi connectivity index (χ2n) is 7.29. The van der Waals surface area contributed by atoms with E-state index in [9.17, 15) is 8.42 Å². The summed E-state index contributed by atoms with van der Waals surface area (Å²) < 4.78 is 28.5. The van der Waals surface area contributed by atoms with E-state index in [-0.39, 0.29) is 5.75 Å². The van der Waals surface area contributed by atoms with Crippen molar-refractivity contribution in [3.63, 3.8) is 0 Å². The minimum absolute atomic E-state index is 0.0707. The molecule has 0 bridgehead atoms. The minimum atomic E-state index is -3.56. The Morgan fingerprint density at radius 1 is 0.667 bits per heavy atom. The van der Waals surface area contributed by atoms with E-state index in [2.05, 4.69) is 21.8 Å². The van der Waals surface area contributed by atoms with Crippen LogP contribution in [-0.2, 0) is 15.8 Å². The van der Waals surface area contributed by atoms with Crippen LogP contribution in [-0.4, -0.2) is 13.4 Å². The lowest BCUT2D eigenvalue weighted by Crippen LogP contribution is -2.15. The molecule has 0 saturated heterocycles. The largest absolute Gasteiger partial charge is 0.354 e. The summed E-state index contributed by atoms with van der Waals surface area (Å²) in [6.45, 7) is 0. The highest BCUT2D eigenvalue weighted by atomic mass is 32.2. The van der Waals surface area contributed by atoms with Gasteiger partial charge >= 0.3 is 0 Å². The molecule has 30 heavy (non-hydrogen) atoms. The Labute approximate surface area is 175 Å². The topological polar surface area (TPSA) is 62.0 Å². The predicted molar refractivity (Wildman–Crippen MR) is 124 cm³/mol. The number of para-hydroxylation sites is 3. The third-order valence-corrected chi connectivity index (χ3v) is 6.47. The average molecular weight is 413 g/mol. The van der Waals surface area contributed by atoms with E-state index in [0.29, 0.717) is 5.69 Å². The lowest BCUT2D eigenvalue weighted by Gasteiger charge is -2.13. The van der Waals surface area contributed by atoms with E-state index < -0.39 is 10.0 Å². The van der Waals surface area contributed by atoms with E-state index in [1.54, 1.807) is 6.07 Å². The van der Waals surface area contributed by atoms with Crippen molar-refractivity contribution in [2.75, 3.05) is 4.72 Å². The van der Waals surface area contributed by atoms with Crippen LogP contribution in [0.15, 0.2) is 97.1 Å². The van der Waals surface area contributed by atoms with Crippen molar-refractivity contribution in [2.45, 2.75) is 5.75 Å². The maximum absolute atomic E-state index is 12.8. The van der Waals surface area contributed by atoms with Crippen LogP contribution in [0.4, 0.5) is 5.69 Å². The van der Waals surface area contributed by atoms with Gasteiger partial charge in [0, 0.05) is 27.4 Å². The fourth-order valence-corrected chi connectivity index (χ4v) is 5.12. The van der Waals surface area contributed by atoms with Gasteiger partial charge in [-0.25, -0.2) is 8.42 Å². The first kappa shape index (κ1) is 18.5. The number of rotatable bonds is 5. The molecular weight excluding hydrogens is 392 g/mol. The first-order chi connectivity index (χ1) is 14.6. The molecule has 1 heterocycles. The molecule has 5 rings (SSSR count). The van der Waals surface area contributed by atoms with Gasteiger partial charge in [0.1, 0.15) is 0 Å². The van der Waals surface area contributed by atoms with Gasteiger partial charge in [0.25, 0.3) is 0 Å². The molecule has 5 aromatic rings. The zero-order valence-corrected chi connectivity index (χ0v) is 17.0. The number of H-pyrrole nitrogens is 1. The number of nitrogens with one attached hydrogen (secondary N) is 2. The van der Waals surface area contributed by atoms with Gasteiger partial charge in [0.05, 0.1) is 17.0 Å². The van der Waals surface area contributed by atoms with Gasteiger partial charge in [0.2, 0.25) is 10.0 Å². The molecule has 0 spiro atoms. The van der Waals surface area contributed by atoms with E-state index in [1.165, 1.54) is 0 Å². The van der Waals surface area contributed by atoms with Crippen LogP contribution in [0.2, 0.25) is 0 Å². The van der Waals surface area contributed by atoms with E-state index >= 15 is 0 Å². The third kappa shape index (κ3) is 3.44. The fraction of sp³-hybridized carbons (Fsp3) is 0.0400. The standard InChI is InChI=1S/C25H20N2O2S/c28-30(29,17-18-9-2-1-3-10-18)27-24-16-7-5-12-20(24)22-14-8-13-21-19-11-4-6-15-23(19)26-25(21)22/h1-16,26-27H,17H2. The number of anilines is 1. The van der Waals surface area contributed by atoms with Crippen molar-refractivity contribution in [1.82, 2.24) is 4.98 Å². The highest BCUT2D eigenvalue weighted by Crippen LogP contribution is 2.36. The van der Waals surface area contributed by atoms with Crippen molar-refractivity contribution >= 4 is 37.5 Å². The normalized spacial score (nSPS) is 11.7. The van der Waals surface area contributed by atoms with Gasteiger partial charge < -0.3 is 4.98 Å². The molecule has 148 valence electrons. The fourth-order valence-electron chi connectivity index (χ4n) is 3.90. The van der Waals surface area contributed by atoms with Crippen LogP contribution in [0.5, 0.6) is 0 Å². The van der Waals surface area contributed by atoms with E-state index in [0.717, 1.165) is 38.5 Å². The van der Waals surface area contributed by atoms with Crippen molar-refractivity contribution in [2.24, 2.45) is 0 Å². The summed E-state index contributed by atoms with van der Waals surface area (Å²) in [5.41, 5.74) is 5.17. The van der Waals surface area contributed by atoms with Gasteiger partial charge in [-0.3, -0.25) is 4.72 Å².